The molecule has 0 atom stereocenters. The second-order valence-electron chi connectivity index (χ2n) is 3.09. The van der Waals surface area contributed by atoms with Gasteiger partial charge in [0.1, 0.15) is 5.75 Å². The number of benzene rings is 1. The highest BCUT2D eigenvalue weighted by molar-refractivity contribution is 6.30. The van der Waals surface area contributed by atoms with Crippen molar-refractivity contribution in [3.63, 3.8) is 0 Å². The second-order valence-corrected chi connectivity index (χ2v) is 3.52. The maximum Gasteiger partial charge on any atom is 0.219 e. The van der Waals surface area contributed by atoms with Gasteiger partial charge in [0.2, 0.25) is 5.88 Å². The van der Waals surface area contributed by atoms with Crippen LogP contribution in [0.4, 0.5) is 0 Å². The molecule has 0 aliphatic carbocycles. The van der Waals surface area contributed by atoms with Crippen molar-refractivity contribution in [1.82, 2.24) is 4.98 Å². The second kappa shape index (κ2) is 4.69. The summed E-state index contributed by atoms with van der Waals surface area (Å²) in [5.41, 5.74) is 0.725. The fourth-order valence-electron chi connectivity index (χ4n) is 1.15. The Morgan fingerprint density at radius 1 is 1.12 bits per heavy atom. The molecular formula is C13H8ClNO. The number of rotatable bonds is 2. The van der Waals surface area contributed by atoms with E-state index in [2.05, 4.69) is 10.9 Å². The molecule has 0 aliphatic rings. The summed E-state index contributed by atoms with van der Waals surface area (Å²) >= 11 is 5.76. The first-order chi connectivity index (χ1) is 7.78. The monoisotopic (exact) mass is 229 g/mol. The van der Waals surface area contributed by atoms with E-state index in [1.165, 1.54) is 0 Å². The zero-order valence-corrected chi connectivity index (χ0v) is 9.11. The first kappa shape index (κ1) is 10.5. The summed E-state index contributed by atoms with van der Waals surface area (Å²) < 4.78 is 5.49. The van der Waals surface area contributed by atoms with Crippen LogP contribution in [0.15, 0.2) is 42.6 Å². The lowest BCUT2D eigenvalue weighted by molar-refractivity contribution is 0.463. The van der Waals surface area contributed by atoms with Crippen LogP contribution in [0.5, 0.6) is 11.6 Å². The molecule has 0 amide bonds. The Balaban J connectivity index is 2.15. The molecule has 1 heterocycles. The van der Waals surface area contributed by atoms with E-state index in [-0.39, 0.29) is 0 Å². The number of hydrogen-bond acceptors (Lipinski definition) is 2. The molecule has 1 aromatic heterocycles. The van der Waals surface area contributed by atoms with E-state index in [1.54, 1.807) is 42.6 Å². The molecule has 0 N–H and O–H groups in total. The third kappa shape index (κ3) is 2.53. The van der Waals surface area contributed by atoms with Crippen LogP contribution in [0.25, 0.3) is 0 Å². The summed E-state index contributed by atoms with van der Waals surface area (Å²) in [5.74, 6) is 3.68. The Labute approximate surface area is 98.9 Å². The van der Waals surface area contributed by atoms with Gasteiger partial charge in [-0.1, -0.05) is 17.5 Å². The van der Waals surface area contributed by atoms with Gasteiger partial charge in [-0.15, -0.1) is 6.42 Å². The average Bonchev–Trinajstić information content (AvgIpc) is 2.33. The van der Waals surface area contributed by atoms with Crippen molar-refractivity contribution in [3.05, 3.63) is 53.2 Å². The van der Waals surface area contributed by atoms with Crippen LogP contribution in [0.3, 0.4) is 0 Å². The minimum absolute atomic E-state index is 0.501. The molecule has 1 aromatic carbocycles. The number of aromatic nitrogens is 1. The van der Waals surface area contributed by atoms with Crippen molar-refractivity contribution in [2.45, 2.75) is 0 Å². The van der Waals surface area contributed by atoms with Crippen LogP contribution < -0.4 is 4.74 Å². The smallest absolute Gasteiger partial charge is 0.219 e. The summed E-state index contributed by atoms with van der Waals surface area (Å²) in [5, 5.41) is 0.669. The number of terminal acetylenes is 1. The molecule has 0 saturated heterocycles. The predicted octanol–water partition coefficient (Wildman–Crippen LogP) is 3.51. The minimum atomic E-state index is 0.501. The molecule has 0 fully saturated rings. The highest BCUT2D eigenvalue weighted by Crippen LogP contribution is 2.21. The first-order valence-electron chi connectivity index (χ1n) is 4.64. The Hall–Kier alpha value is -1.98. The van der Waals surface area contributed by atoms with Gasteiger partial charge in [-0.3, -0.25) is 0 Å². The normalized spacial score (nSPS) is 9.50. The molecule has 16 heavy (non-hydrogen) atoms. The SMILES string of the molecule is C#Cc1ccc(Oc2ccc(Cl)cc2)nc1. The van der Waals surface area contributed by atoms with Crippen molar-refractivity contribution in [2.75, 3.05) is 0 Å². The standard InChI is InChI=1S/C13H8ClNO/c1-2-10-3-8-13(15-9-10)16-12-6-4-11(14)5-7-12/h1,3-9H. The van der Waals surface area contributed by atoms with Crippen LogP contribution in [0.2, 0.25) is 5.02 Å². The van der Waals surface area contributed by atoms with Gasteiger partial charge in [-0.25, -0.2) is 4.98 Å². The first-order valence-corrected chi connectivity index (χ1v) is 5.02. The summed E-state index contributed by atoms with van der Waals surface area (Å²) in [6.07, 6.45) is 6.81. The molecule has 3 heteroatoms. The van der Waals surface area contributed by atoms with E-state index in [0.29, 0.717) is 16.7 Å². The molecule has 0 aliphatic heterocycles. The van der Waals surface area contributed by atoms with E-state index in [0.717, 1.165) is 5.56 Å². The molecule has 0 unspecified atom stereocenters. The lowest BCUT2D eigenvalue weighted by Gasteiger charge is -2.04. The van der Waals surface area contributed by atoms with Gasteiger partial charge in [-0.05, 0) is 30.3 Å². The Morgan fingerprint density at radius 2 is 1.88 bits per heavy atom. The highest BCUT2D eigenvalue weighted by atomic mass is 35.5. The zero-order valence-electron chi connectivity index (χ0n) is 8.35. The van der Waals surface area contributed by atoms with Crippen LogP contribution in [0.1, 0.15) is 5.56 Å². The maximum atomic E-state index is 5.76. The van der Waals surface area contributed by atoms with Crippen molar-refractivity contribution < 1.29 is 4.74 Å². The molecule has 2 rings (SSSR count). The number of pyridine rings is 1. The van der Waals surface area contributed by atoms with Crippen LogP contribution in [0, 0.1) is 12.3 Å². The Bertz CT molecular complexity index is 511. The average molecular weight is 230 g/mol. The van der Waals surface area contributed by atoms with Gasteiger partial charge in [0.15, 0.2) is 0 Å². The van der Waals surface area contributed by atoms with E-state index in [9.17, 15) is 0 Å². The van der Waals surface area contributed by atoms with Gasteiger partial charge in [0, 0.05) is 22.8 Å². The van der Waals surface area contributed by atoms with Crippen molar-refractivity contribution in [2.24, 2.45) is 0 Å². The topological polar surface area (TPSA) is 22.1 Å². The van der Waals surface area contributed by atoms with Gasteiger partial charge in [-0.2, -0.15) is 0 Å². The van der Waals surface area contributed by atoms with Crippen molar-refractivity contribution in [1.29, 1.82) is 0 Å². The molecule has 0 spiro atoms. The third-order valence-corrected chi connectivity index (χ3v) is 2.19. The zero-order chi connectivity index (χ0) is 11.4. The van der Waals surface area contributed by atoms with Crippen molar-refractivity contribution in [3.8, 4) is 24.0 Å². The third-order valence-electron chi connectivity index (χ3n) is 1.94. The molecule has 0 saturated carbocycles. The molecule has 2 aromatic rings. The fraction of sp³-hybridized carbons (Fsp3) is 0. The van der Waals surface area contributed by atoms with Gasteiger partial charge in [0.05, 0.1) is 0 Å². The quantitative estimate of drug-likeness (QED) is 0.736. The lowest BCUT2D eigenvalue weighted by Crippen LogP contribution is -1.87. The fourth-order valence-corrected chi connectivity index (χ4v) is 1.28. The van der Waals surface area contributed by atoms with E-state index >= 15 is 0 Å². The van der Waals surface area contributed by atoms with E-state index in [1.807, 2.05) is 0 Å². The van der Waals surface area contributed by atoms with E-state index in [4.69, 9.17) is 22.8 Å². The summed E-state index contributed by atoms with van der Waals surface area (Å²) in [6, 6.07) is 10.6. The number of hydrogen-bond donors (Lipinski definition) is 0. The van der Waals surface area contributed by atoms with E-state index < -0.39 is 0 Å². The minimum Gasteiger partial charge on any atom is -0.439 e. The molecule has 0 radical (unpaired) electrons. The van der Waals surface area contributed by atoms with Crippen LogP contribution in [-0.4, -0.2) is 4.98 Å². The molecule has 0 bridgehead atoms. The maximum absolute atomic E-state index is 5.76. The summed E-state index contributed by atoms with van der Waals surface area (Å²) in [4.78, 5) is 4.07. The molecule has 2 nitrogen and oxygen atoms in total. The summed E-state index contributed by atoms with van der Waals surface area (Å²) in [6.45, 7) is 0. The number of nitrogens with zero attached hydrogens (tertiary/aromatic N) is 1. The van der Waals surface area contributed by atoms with Gasteiger partial charge >= 0.3 is 0 Å². The van der Waals surface area contributed by atoms with Gasteiger partial charge < -0.3 is 4.74 Å². The summed E-state index contributed by atoms with van der Waals surface area (Å²) in [7, 11) is 0. The largest absolute Gasteiger partial charge is 0.439 e. The highest BCUT2D eigenvalue weighted by Gasteiger charge is 1.98. The predicted molar refractivity (Wildman–Crippen MR) is 63.7 cm³/mol. The molecular weight excluding hydrogens is 222 g/mol. The lowest BCUT2D eigenvalue weighted by atomic mass is 10.3. The Kier molecular flexibility index (Phi) is 3.09. The van der Waals surface area contributed by atoms with Crippen molar-refractivity contribution >= 4 is 11.6 Å². The molecule has 78 valence electrons. The number of ether oxygens (including phenoxy) is 1. The van der Waals surface area contributed by atoms with Crippen LogP contribution in [-0.2, 0) is 0 Å². The van der Waals surface area contributed by atoms with Gasteiger partial charge in [0.25, 0.3) is 0 Å². The number of halogens is 1. The van der Waals surface area contributed by atoms with Crippen LogP contribution >= 0.6 is 11.6 Å². The Morgan fingerprint density at radius 3 is 2.44 bits per heavy atom.